The highest BCUT2D eigenvalue weighted by Gasteiger charge is 2.15. The number of hydrogen-bond donors (Lipinski definition) is 2. The molecule has 0 spiro atoms. The van der Waals surface area contributed by atoms with Crippen LogP contribution in [0.25, 0.3) is 0 Å². The van der Waals surface area contributed by atoms with Crippen LogP contribution in [0.5, 0.6) is 11.5 Å². The number of ether oxygens (including phenoxy) is 2. The van der Waals surface area contributed by atoms with E-state index in [1.165, 1.54) is 5.56 Å². The van der Waals surface area contributed by atoms with E-state index in [2.05, 4.69) is 13.0 Å². The number of carboxylic acids is 1. The number of rotatable bonds is 12. The summed E-state index contributed by atoms with van der Waals surface area (Å²) in [6, 6.07) is 21.5. The first kappa shape index (κ1) is 25.0. The maximum absolute atomic E-state index is 10.8. The molecule has 0 saturated carbocycles. The lowest BCUT2D eigenvalue weighted by Crippen LogP contribution is -2.18. The molecular formula is C29H33NO4. The first-order chi connectivity index (χ1) is 16.4. The van der Waals surface area contributed by atoms with Gasteiger partial charge in [0.05, 0.1) is 18.4 Å². The maximum Gasteiger partial charge on any atom is 0.303 e. The Bertz CT molecular complexity index is 1120. The van der Waals surface area contributed by atoms with E-state index in [0.717, 1.165) is 34.4 Å². The Morgan fingerprint density at radius 1 is 1.06 bits per heavy atom. The van der Waals surface area contributed by atoms with Gasteiger partial charge in [-0.1, -0.05) is 49.4 Å². The molecule has 0 saturated heterocycles. The van der Waals surface area contributed by atoms with Crippen molar-refractivity contribution in [3.05, 3.63) is 94.5 Å². The number of carbonyl (C=O) groups is 1. The van der Waals surface area contributed by atoms with Crippen LogP contribution in [0.4, 0.5) is 0 Å². The number of aliphatic carboxylic acids is 1. The molecule has 0 aromatic heterocycles. The molecule has 0 amide bonds. The lowest BCUT2D eigenvalue weighted by molar-refractivity contribution is -0.136. The Morgan fingerprint density at radius 2 is 1.82 bits per heavy atom. The Labute approximate surface area is 201 Å². The van der Waals surface area contributed by atoms with Crippen molar-refractivity contribution in [2.75, 3.05) is 6.61 Å². The van der Waals surface area contributed by atoms with Gasteiger partial charge in [0.25, 0.3) is 0 Å². The zero-order valence-electron chi connectivity index (χ0n) is 20.1. The zero-order valence-corrected chi connectivity index (χ0v) is 20.1. The molecule has 5 nitrogen and oxygen atoms in total. The van der Waals surface area contributed by atoms with Gasteiger partial charge >= 0.3 is 5.97 Å². The zero-order chi connectivity index (χ0) is 24.5. The number of benzene rings is 3. The monoisotopic (exact) mass is 459 g/mol. The normalized spacial score (nSPS) is 11.6. The smallest absolute Gasteiger partial charge is 0.303 e. The number of hydrogen-bond acceptors (Lipinski definition) is 4. The summed E-state index contributed by atoms with van der Waals surface area (Å²) < 4.78 is 12.2. The minimum atomic E-state index is -0.792. The van der Waals surface area contributed by atoms with E-state index in [-0.39, 0.29) is 12.5 Å². The highest BCUT2D eigenvalue weighted by atomic mass is 16.5. The topological polar surface area (TPSA) is 79.6 Å². The predicted molar refractivity (Wildman–Crippen MR) is 136 cm³/mol. The molecule has 5 heteroatoms. The minimum Gasteiger partial charge on any atom is -0.493 e. The average Bonchev–Trinajstić information content (AvgIpc) is 2.83. The fraction of sp³-hybridized carbons (Fsp3) is 0.310. The fourth-order valence-electron chi connectivity index (χ4n) is 3.75. The van der Waals surface area contributed by atoms with Gasteiger partial charge in [0.15, 0.2) is 0 Å². The SMILES string of the molecule is CCc1ccc(O[C@H](C)CCOc2ccc(CCC(=O)O)c(C)c2)c(C(=N)c2ccccc2)c1. The minimum absolute atomic E-state index is 0.0919. The number of aryl methyl sites for hydroxylation is 3. The van der Waals surface area contributed by atoms with Crippen molar-refractivity contribution in [2.24, 2.45) is 0 Å². The maximum atomic E-state index is 10.8. The quantitative estimate of drug-likeness (QED) is 0.315. The second kappa shape index (κ2) is 12.0. The van der Waals surface area contributed by atoms with Crippen LogP contribution in [-0.4, -0.2) is 29.5 Å². The van der Waals surface area contributed by atoms with Crippen LogP contribution in [0.1, 0.15) is 54.5 Å². The third-order valence-electron chi connectivity index (χ3n) is 5.83. The van der Waals surface area contributed by atoms with Crippen molar-refractivity contribution >= 4 is 11.7 Å². The van der Waals surface area contributed by atoms with Gasteiger partial charge in [0, 0.05) is 24.0 Å². The Hall–Kier alpha value is -3.60. The van der Waals surface area contributed by atoms with Crippen molar-refractivity contribution in [2.45, 2.75) is 52.6 Å². The molecule has 0 bridgehead atoms. The predicted octanol–water partition coefficient (Wildman–Crippen LogP) is 6.23. The summed E-state index contributed by atoms with van der Waals surface area (Å²) in [4.78, 5) is 10.8. The fourth-order valence-corrected chi connectivity index (χ4v) is 3.75. The van der Waals surface area contributed by atoms with E-state index in [9.17, 15) is 4.79 Å². The van der Waals surface area contributed by atoms with E-state index < -0.39 is 5.97 Å². The molecule has 0 heterocycles. The number of carboxylic acid groups (broad SMARTS) is 1. The second-order valence-corrected chi connectivity index (χ2v) is 8.47. The van der Waals surface area contributed by atoms with Gasteiger partial charge in [0.1, 0.15) is 11.5 Å². The largest absolute Gasteiger partial charge is 0.493 e. The van der Waals surface area contributed by atoms with Crippen molar-refractivity contribution < 1.29 is 19.4 Å². The first-order valence-corrected chi connectivity index (χ1v) is 11.8. The van der Waals surface area contributed by atoms with E-state index in [0.29, 0.717) is 30.9 Å². The second-order valence-electron chi connectivity index (χ2n) is 8.47. The van der Waals surface area contributed by atoms with Crippen LogP contribution in [-0.2, 0) is 17.6 Å². The molecule has 34 heavy (non-hydrogen) atoms. The lowest BCUT2D eigenvalue weighted by Gasteiger charge is -2.19. The molecule has 3 aromatic rings. The van der Waals surface area contributed by atoms with Crippen LogP contribution in [0.3, 0.4) is 0 Å². The first-order valence-electron chi connectivity index (χ1n) is 11.8. The summed E-state index contributed by atoms with van der Waals surface area (Å²) in [5.74, 6) is 0.680. The van der Waals surface area contributed by atoms with Gasteiger partial charge < -0.3 is 14.6 Å². The molecule has 1 atom stereocenters. The summed E-state index contributed by atoms with van der Waals surface area (Å²) in [5, 5.41) is 17.6. The Kier molecular flexibility index (Phi) is 8.86. The van der Waals surface area contributed by atoms with Crippen LogP contribution in [0.2, 0.25) is 0 Å². The average molecular weight is 460 g/mol. The van der Waals surface area contributed by atoms with Crippen molar-refractivity contribution in [1.29, 1.82) is 5.41 Å². The highest BCUT2D eigenvalue weighted by molar-refractivity contribution is 6.12. The van der Waals surface area contributed by atoms with E-state index in [4.69, 9.17) is 20.0 Å². The van der Waals surface area contributed by atoms with Gasteiger partial charge in [-0.2, -0.15) is 0 Å². The van der Waals surface area contributed by atoms with Gasteiger partial charge in [-0.05, 0) is 67.6 Å². The van der Waals surface area contributed by atoms with Crippen molar-refractivity contribution in [3.63, 3.8) is 0 Å². The summed E-state index contributed by atoms with van der Waals surface area (Å²) in [6.45, 7) is 6.58. The summed E-state index contributed by atoms with van der Waals surface area (Å²) in [7, 11) is 0. The molecule has 0 aliphatic rings. The van der Waals surface area contributed by atoms with Crippen LogP contribution < -0.4 is 9.47 Å². The molecule has 3 aromatic carbocycles. The standard InChI is InChI=1S/C29H33NO4/c1-4-22-10-14-27(26(19-22)29(30)24-8-6-5-7-9-24)34-21(3)16-17-33-25-13-11-23(20(2)18-25)12-15-28(31)32/h5-11,13-14,18-19,21,30H,4,12,15-17H2,1-3H3,(H,31,32)/t21-/m1/s1. The molecular weight excluding hydrogens is 426 g/mol. The molecule has 2 N–H and O–H groups in total. The van der Waals surface area contributed by atoms with Crippen molar-refractivity contribution in [3.8, 4) is 11.5 Å². The third-order valence-corrected chi connectivity index (χ3v) is 5.83. The molecule has 0 unspecified atom stereocenters. The van der Waals surface area contributed by atoms with Crippen LogP contribution in [0, 0.1) is 12.3 Å². The Morgan fingerprint density at radius 3 is 2.50 bits per heavy atom. The molecule has 3 rings (SSSR count). The van der Waals surface area contributed by atoms with E-state index in [1.807, 2.05) is 74.5 Å². The van der Waals surface area contributed by atoms with Crippen LogP contribution >= 0.6 is 0 Å². The van der Waals surface area contributed by atoms with Gasteiger partial charge in [-0.25, -0.2) is 0 Å². The van der Waals surface area contributed by atoms with Crippen LogP contribution in [0.15, 0.2) is 66.7 Å². The Balaban J connectivity index is 1.61. The summed E-state index contributed by atoms with van der Waals surface area (Å²) in [6.07, 6.45) is 2.13. The molecule has 0 radical (unpaired) electrons. The van der Waals surface area contributed by atoms with Crippen molar-refractivity contribution in [1.82, 2.24) is 0 Å². The molecule has 0 fully saturated rings. The number of nitrogens with one attached hydrogen (secondary N) is 1. The van der Waals surface area contributed by atoms with E-state index >= 15 is 0 Å². The van der Waals surface area contributed by atoms with E-state index in [1.54, 1.807) is 0 Å². The highest BCUT2D eigenvalue weighted by Crippen LogP contribution is 2.26. The van der Waals surface area contributed by atoms with Gasteiger partial charge in [-0.15, -0.1) is 0 Å². The lowest BCUT2D eigenvalue weighted by atomic mass is 9.98. The third kappa shape index (κ3) is 6.95. The molecule has 0 aliphatic heterocycles. The van der Waals surface area contributed by atoms with Gasteiger partial charge in [0.2, 0.25) is 0 Å². The molecule has 0 aliphatic carbocycles. The molecule has 178 valence electrons. The summed E-state index contributed by atoms with van der Waals surface area (Å²) in [5.41, 5.74) is 5.33. The summed E-state index contributed by atoms with van der Waals surface area (Å²) >= 11 is 0. The van der Waals surface area contributed by atoms with Gasteiger partial charge in [-0.3, -0.25) is 10.2 Å².